The molecular weight excluding hydrogens is 264 g/mol. The molecule has 0 radical (unpaired) electrons. The first-order valence-electron chi connectivity index (χ1n) is 7.22. The highest BCUT2D eigenvalue weighted by Crippen LogP contribution is 2.33. The number of nitrogens with zero attached hydrogens (tertiary/aromatic N) is 1. The Morgan fingerprint density at radius 2 is 1.79 bits per heavy atom. The predicted octanol–water partition coefficient (Wildman–Crippen LogP) is 1.34. The first-order valence-corrected chi connectivity index (χ1v) is 8.83. The van der Waals surface area contributed by atoms with Crippen molar-refractivity contribution in [2.75, 3.05) is 32.6 Å². The summed E-state index contributed by atoms with van der Waals surface area (Å²) >= 11 is 0. The second-order valence-electron chi connectivity index (χ2n) is 5.32. The fourth-order valence-electron chi connectivity index (χ4n) is 3.07. The Balaban J connectivity index is 2.96. The van der Waals surface area contributed by atoms with Gasteiger partial charge in [-0.3, -0.25) is 0 Å². The molecule has 2 N–H and O–H groups in total. The fraction of sp³-hybridized carbons (Fsp3) is 1.00. The first-order chi connectivity index (χ1) is 9.02. The fourth-order valence-corrected chi connectivity index (χ4v) is 4.91. The van der Waals surface area contributed by atoms with Crippen molar-refractivity contribution in [3.63, 3.8) is 0 Å². The van der Waals surface area contributed by atoms with E-state index in [9.17, 15) is 8.42 Å². The summed E-state index contributed by atoms with van der Waals surface area (Å²) in [6.07, 6.45) is 6.24. The quantitative estimate of drug-likeness (QED) is 0.719. The number of sulfonamides is 1. The highest BCUT2D eigenvalue weighted by molar-refractivity contribution is 7.89. The lowest BCUT2D eigenvalue weighted by Gasteiger charge is -2.41. The third-order valence-electron chi connectivity index (χ3n) is 4.11. The Hall–Kier alpha value is -0.170. The number of ether oxygens (including phenoxy) is 1. The van der Waals surface area contributed by atoms with Crippen LogP contribution in [0.1, 0.15) is 45.4 Å². The van der Waals surface area contributed by atoms with Crippen LogP contribution in [0.25, 0.3) is 0 Å². The zero-order valence-electron chi connectivity index (χ0n) is 12.2. The van der Waals surface area contributed by atoms with Gasteiger partial charge in [0.2, 0.25) is 10.0 Å². The molecule has 1 fully saturated rings. The van der Waals surface area contributed by atoms with Crippen LogP contribution < -0.4 is 5.73 Å². The summed E-state index contributed by atoms with van der Waals surface area (Å²) in [5.41, 5.74) is 5.59. The van der Waals surface area contributed by atoms with Gasteiger partial charge < -0.3 is 10.5 Å². The number of nitrogens with two attached hydrogens (primary N) is 1. The molecule has 5 nitrogen and oxygen atoms in total. The molecule has 0 saturated heterocycles. The molecule has 0 aliphatic heterocycles. The van der Waals surface area contributed by atoms with E-state index in [1.165, 1.54) is 20.0 Å². The molecule has 0 amide bonds. The van der Waals surface area contributed by atoms with Crippen LogP contribution in [0.4, 0.5) is 0 Å². The number of hydrogen-bond donors (Lipinski definition) is 1. The summed E-state index contributed by atoms with van der Waals surface area (Å²) < 4.78 is 31.5. The lowest BCUT2D eigenvalue weighted by Crippen LogP contribution is -2.56. The van der Waals surface area contributed by atoms with E-state index in [1.54, 1.807) is 4.31 Å². The molecule has 1 aliphatic carbocycles. The molecule has 0 aromatic heterocycles. The summed E-state index contributed by atoms with van der Waals surface area (Å²) in [6, 6.07) is 0. The van der Waals surface area contributed by atoms with Crippen molar-refractivity contribution in [2.24, 2.45) is 5.73 Å². The molecule has 114 valence electrons. The summed E-state index contributed by atoms with van der Waals surface area (Å²) in [5.74, 6) is 0.0408. The van der Waals surface area contributed by atoms with E-state index < -0.39 is 10.0 Å². The molecule has 1 aliphatic rings. The number of likely N-dealkylation sites (N-methyl/N-ethyl adjacent to an activating group) is 1. The van der Waals surface area contributed by atoms with Crippen LogP contribution in [0.15, 0.2) is 0 Å². The average Bonchev–Trinajstić information content (AvgIpc) is 2.63. The van der Waals surface area contributed by atoms with Gasteiger partial charge in [0.1, 0.15) is 0 Å². The second-order valence-corrected chi connectivity index (χ2v) is 7.33. The highest BCUT2D eigenvalue weighted by Gasteiger charge is 2.41. The predicted molar refractivity (Wildman–Crippen MR) is 77.5 cm³/mol. The summed E-state index contributed by atoms with van der Waals surface area (Å²) in [4.78, 5) is 0. The number of hydrogen-bond acceptors (Lipinski definition) is 4. The SMILES string of the molecule is CCN(C1(CN)CCCCCC1)S(=O)(=O)CCOC. The molecular formula is C13H28N2O3S. The maximum Gasteiger partial charge on any atom is 0.216 e. The lowest BCUT2D eigenvalue weighted by atomic mass is 9.90. The van der Waals surface area contributed by atoms with Crippen molar-refractivity contribution in [3.8, 4) is 0 Å². The third-order valence-corrected chi connectivity index (χ3v) is 6.11. The Kier molecular flexibility index (Phi) is 6.73. The molecule has 0 aromatic rings. The average molecular weight is 292 g/mol. The van der Waals surface area contributed by atoms with Gasteiger partial charge in [-0.05, 0) is 12.8 Å². The molecule has 19 heavy (non-hydrogen) atoms. The molecule has 0 heterocycles. The molecule has 0 atom stereocenters. The molecule has 1 rings (SSSR count). The Bertz CT molecular complexity index is 349. The van der Waals surface area contributed by atoms with Crippen LogP contribution in [-0.4, -0.2) is 50.8 Å². The van der Waals surface area contributed by atoms with E-state index in [1.807, 2.05) is 6.92 Å². The summed E-state index contributed by atoms with van der Waals surface area (Å²) in [6.45, 7) is 3.03. The largest absolute Gasteiger partial charge is 0.384 e. The van der Waals surface area contributed by atoms with Crippen molar-refractivity contribution in [2.45, 2.75) is 51.0 Å². The highest BCUT2D eigenvalue weighted by atomic mass is 32.2. The van der Waals surface area contributed by atoms with Gasteiger partial charge >= 0.3 is 0 Å². The van der Waals surface area contributed by atoms with E-state index >= 15 is 0 Å². The van der Waals surface area contributed by atoms with Gasteiger partial charge in [-0.2, -0.15) is 4.31 Å². The van der Waals surface area contributed by atoms with Gasteiger partial charge in [-0.15, -0.1) is 0 Å². The van der Waals surface area contributed by atoms with Crippen LogP contribution >= 0.6 is 0 Å². The molecule has 0 unspecified atom stereocenters. The second kappa shape index (κ2) is 7.57. The minimum atomic E-state index is -3.29. The van der Waals surface area contributed by atoms with E-state index in [0.717, 1.165) is 25.7 Å². The molecule has 0 spiro atoms. The van der Waals surface area contributed by atoms with Gasteiger partial charge in [0.05, 0.1) is 12.4 Å². The van der Waals surface area contributed by atoms with E-state index in [2.05, 4.69) is 0 Å². The van der Waals surface area contributed by atoms with Crippen LogP contribution in [0.5, 0.6) is 0 Å². The first kappa shape index (κ1) is 16.9. The minimum Gasteiger partial charge on any atom is -0.384 e. The van der Waals surface area contributed by atoms with Crippen LogP contribution in [0.3, 0.4) is 0 Å². The smallest absolute Gasteiger partial charge is 0.216 e. The summed E-state index contributed by atoms with van der Waals surface area (Å²) in [7, 11) is -1.77. The summed E-state index contributed by atoms with van der Waals surface area (Å²) in [5, 5.41) is 0. The monoisotopic (exact) mass is 292 g/mol. The number of rotatable bonds is 7. The normalized spacial score (nSPS) is 20.4. The Labute approximate surface area is 117 Å². The number of methoxy groups -OCH3 is 1. The van der Waals surface area contributed by atoms with Crippen LogP contribution in [0.2, 0.25) is 0 Å². The van der Waals surface area contributed by atoms with Crippen LogP contribution in [0, 0.1) is 0 Å². The van der Waals surface area contributed by atoms with Gasteiger partial charge in [-0.1, -0.05) is 32.6 Å². The standard InChI is InChI=1S/C13H28N2O3S/c1-3-15(19(16,17)11-10-18-2)13(12-14)8-6-4-5-7-9-13/h3-12,14H2,1-2H3. The van der Waals surface area contributed by atoms with Crippen molar-refractivity contribution in [1.82, 2.24) is 4.31 Å². The van der Waals surface area contributed by atoms with Gasteiger partial charge in [-0.25, -0.2) is 8.42 Å². The van der Waals surface area contributed by atoms with E-state index in [0.29, 0.717) is 13.1 Å². The zero-order chi connectivity index (χ0) is 14.4. The third kappa shape index (κ3) is 4.15. The maximum absolute atomic E-state index is 12.5. The van der Waals surface area contributed by atoms with Crippen molar-refractivity contribution in [3.05, 3.63) is 0 Å². The van der Waals surface area contributed by atoms with Gasteiger partial charge in [0, 0.05) is 25.7 Å². The van der Waals surface area contributed by atoms with Crippen molar-refractivity contribution < 1.29 is 13.2 Å². The van der Waals surface area contributed by atoms with Crippen molar-refractivity contribution >= 4 is 10.0 Å². The Morgan fingerprint density at radius 1 is 1.21 bits per heavy atom. The molecule has 0 aromatic carbocycles. The topological polar surface area (TPSA) is 72.6 Å². The minimum absolute atomic E-state index is 0.0408. The molecule has 6 heteroatoms. The lowest BCUT2D eigenvalue weighted by molar-refractivity contribution is 0.169. The van der Waals surface area contributed by atoms with Gasteiger partial charge in [0.15, 0.2) is 0 Å². The Morgan fingerprint density at radius 3 is 2.21 bits per heavy atom. The zero-order valence-corrected chi connectivity index (χ0v) is 13.0. The van der Waals surface area contributed by atoms with Crippen molar-refractivity contribution in [1.29, 1.82) is 0 Å². The molecule has 0 bridgehead atoms. The molecule has 1 saturated carbocycles. The maximum atomic E-state index is 12.5. The van der Waals surface area contributed by atoms with E-state index in [4.69, 9.17) is 10.5 Å². The van der Waals surface area contributed by atoms with Gasteiger partial charge in [0.25, 0.3) is 0 Å². The van der Waals surface area contributed by atoms with E-state index in [-0.39, 0.29) is 17.9 Å². The van der Waals surface area contributed by atoms with Crippen LogP contribution in [-0.2, 0) is 14.8 Å².